The molecule has 0 saturated carbocycles. The van der Waals surface area contributed by atoms with Crippen molar-refractivity contribution in [3.63, 3.8) is 0 Å². The van der Waals surface area contributed by atoms with Gasteiger partial charge in [-0.25, -0.2) is 0 Å². The first kappa shape index (κ1) is 35.3. The monoisotopic (exact) mass is 692 g/mol. The van der Waals surface area contributed by atoms with Crippen LogP contribution in [0.2, 0.25) is 0 Å². The lowest BCUT2D eigenvalue weighted by atomic mass is 9.87. The Kier molecular flexibility index (Phi) is 10.6. The summed E-state index contributed by atoms with van der Waals surface area (Å²) in [5.41, 5.74) is 2.12. The van der Waals surface area contributed by atoms with Crippen LogP contribution < -0.4 is 22.2 Å². The maximum absolute atomic E-state index is 14.2. The molecule has 52 heavy (non-hydrogen) atoms. The SMILES string of the molecule is CCCCCCCCn1c(=O)c2cc3c(ccc4c(-c5ccccc5)c5c(=O)n(CCCCCCCC)c(=O)c5cc43)c(-c3ccccc3)c2c1=O. The number of benzene rings is 5. The third-order valence-corrected chi connectivity index (χ3v) is 10.9. The molecule has 0 bridgehead atoms. The van der Waals surface area contributed by atoms with E-state index >= 15 is 0 Å². The highest BCUT2D eigenvalue weighted by atomic mass is 16.2. The lowest BCUT2D eigenvalue weighted by Gasteiger charge is -2.14. The fourth-order valence-corrected chi connectivity index (χ4v) is 8.20. The van der Waals surface area contributed by atoms with Crippen LogP contribution >= 0.6 is 0 Å². The summed E-state index contributed by atoms with van der Waals surface area (Å²) in [7, 11) is 0. The Hall–Kier alpha value is -5.10. The minimum atomic E-state index is -0.273. The molecule has 0 aliphatic rings. The highest BCUT2D eigenvalue weighted by molar-refractivity contribution is 6.25. The molecular formula is C46H48N2O4. The molecule has 0 unspecified atom stereocenters. The number of unbranched alkanes of at least 4 members (excludes halogenated alkanes) is 10. The summed E-state index contributed by atoms with van der Waals surface area (Å²) in [6.45, 7) is 5.16. The average molecular weight is 693 g/mol. The number of fused-ring (bicyclic) bond motifs is 5. The van der Waals surface area contributed by atoms with Gasteiger partial charge in [0.1, 0.15) is 0 Å². The topological polar surface area (TPSA) is 78.1 Å². The van der Waals surface area contributed by atoms with E-state index in [9.17, 15) is 19.2 Å². The van der Waals surface area contributed by atoms with Crippen LogP contribution in [0.1, 0.15) is 90.9 Å². The third kappa shape index (κ3) is 6.44. The zero-order valence-electron chi connectivity index (χ0n) is 30.5. The average Bonchev–Trinajstić information content (AvgIpc) is 3.55. The van der Waals surface area contributed by atoms with Crippen LogP contribution in [0.5, 0.6) is 0 Å². The maximum atomic E-state index is 14.2. The number of rotatable bonds is 16. The van der Waals surface area contributed by atoms with E-state index in [1.165, 1.54) is 34.8 Å². The predicted molar refractivity (Wildman–Crippen MR) is 218 cm³/mol. The van der Waals surface area contributed by atoms with E-state index < -0.39 is 0 Å². The predicted octanol–water partition coefficient (Wildman–Crippen LogP) is 10.3. The van der Waals surface area contributed by atoms with Gasteiger partial charge in [-0.3, -0.25) is 28.3 Å². The van der Waals surface area contributed by atoms with Crippen LogP contribution in [0.3, 0.4) is 0 Å². The summed E-state index contributed by atoms with van der Waals surface area (Å²) in [5.74, 6) is 0. The van der Waals surface area contributed by atoms with E-state index in [0.29, 0.717) is 34.6 Å². The Morgan fingerprint density at radius 1 is 0.385 bits per heavy atom. The van der Waals surface area contributed by atoms with Gasteiger partial charge >= 0.3 is 0 Å². The van der Waals surface area contributed by atoms with Gasteiger partial charge in [0.2, 0.25) is 0 Å². The highest BCUT2D eigenvalue weighted by Crippen LogP contribution is 2.42. The largest absolute Gasteiger partial charge is 0.274 e. The summed E-state index contributed by atoms with van der Waals surface area (Å²) >= 11 is 0. The van der Waals surface area contributed by atoms with E-state index in [-0.39, 0.29) is 22.2 Å². The normalized spacial score (nSPS) is 11.9. The van der Waals surface area contributed by atoms with Crippen LogP contribution in [0.25, 0.3) is 65.3 Å². The van der Waals surface area contributed by atoms with Gasteiger partial charge in [-0.05, 0) is 57.6 Å². The van der Waals surface area contributed by atoms with Gasteiger partial charge in [0.05, 0.1) is 21.5 Å². The minimum absolute atomic E-state index is 0.251. The number of nitrogens with zero attached hydrogens (tertiary/aromatic N) is 2. The Bertz CT molecular complexity index is 2390. The smallest absolute Gasteiger partial charge is 0.262 e. The molecular weight excluding hydrogens is 645 g/mol. The van der Waals surface area contributed by atoms with Crippen molar-refractivity contribution in [2.45, 2.75) is 104 Å². The van der Waals surface area contributed by atoms with E-state index in [1.807, 2.05) is 84.9 Å². The fraction of sp³-hybridized carbons (Fsp3) is 0.348. The highest BCUT2D eigenvalue weighted by Gasteiger charge is 2.24. The molecule has 7 rings (SSSR count). The molecule has 2 aromatic heterocycles. The Morgan fingerprint density at radius 3 is 1.13 bits per heavy atom. The molecule has 266 valence electrons. The maximum Gasteiger partial charge on any atom is 0.262 e. The van der Waals surface area contributed by atoms with Crippen molar-refractivity contribution >= 4 is 43.1 Å². The molecule has 2 heterocycles. The van der Waals surface area contributed by atoms with E-state index in [0.717, 1.165) is 95.2 Å². The van der Waals surface area contributed by atoms with Crippen molar-refractivity contribution in [3.8, 4) is 22.3 Å². The standard InChI is InChI=1S/C46H48N2O4/c1-3-5-7-9-11-19-27-47-43(49)37-29-35-33(39(41(37)45(47)51)31-21-15-13-16-22-31)25-26-34-36(35)30-38-42(40(34)32-23-17-14-18-24-32)46(52)48(44(38)50)28-20-12-10-8-6-4-2/h13-18,21-26,29-30H,3-12,19-20,27-28H2,1-2H3. The van der Waals surface area contributed by atoms with Gasteiger partial charge in [0.15, 0.2) is 0 Å². The van der Waals surface area contributed by atoms with Crippen molar-refractivity contribution in [2.75, 3.05) is 0 Å². The number of hydrogen-bond donors (Lipinski definition) is 0. The molecule has 0 saturated heterocycles. The van der Waals surface area contributed by atoms with Gasteiger partial charge in [0, 0.05) is 24.2 Å². The molecule has 7 aromatic rings. The van der Waals surface area contributed by atoms with Gasteiger partial charge in [0.25, 0.3) is 22.2 Å². The molecule has 0 radical (unpaired) electrons. The zero-order valence-corrected chi connectivity index (χ0v) is 30.5. The molecule has 0 spiro atoms. The quantitative estimate of drug-likeness (QED) is 0.0746. The molecule has 0 N–H and O–H groups in total. The van der Waals surface area contributed by atoms with Crippen molar-refractivity contribution in [1.29, 1.82) is 0 Å². The van der Waals surface area contributed by atoms with Crippen molar-refractivity contribution in [1.82, 2.24) is 9.13 Å². The number of hydrogen-bond acceptors (Lipinski definition) is 4. The van der Waals surface area contributed by atoms with Gasteiger partial charge in [-0.15, -0.1) is 0 Å². The van der Waals surface area contributed by atoms with Crippen molar-refractivity contribution in [2.24, 2.45) is 0 Å². The molecule has 5 aromatic carbocycles. The molecule has 6 nitrogen and oxygen atoms in total. The Labute approximate surface area is 304 Å². The van der Waals surface area contributed by atoms with Crippen LogP contribution in [0, 0.1) is 0 Å². The lowest BCUT2D eigenvalue weighted by Crippen LogP contribution is -2.25. The second kappa shape index (κ2) is 15.6. The summed E-state index contributed by atoms with van der Waals surface area (Å²) in [6, 6.07) is 27.3. The van der Waals surface area contributed by atoms with Gasteiger partial charge in [-0.1, -0.05) is 151 Å². The van der Waals surface area contributed by atoms with Gasteiger partial charge < -0.3 is 0 Å². The summed E-state index contributed by atoms with van der Waals surface area (Å²) < 4.78 is 2.85. The molecule has 0 atom stereocenters. The summed E-state index contributed by atoms with van der Waals surface area (Å²) in [5, 5.41) is 4.90. The van der Waals surface area contributed by atoms with E-state index in [2.05, 4.69) is 13.8 Å². The lowest BCUT2D eigenvalue weighted by molar-refractivity contribution is 0.547. The number of aromatic nitrogens is 2. The minimum Gasteiger partial charge on any atom is -0.274 e. The summed E-state index contributed by atoms with van der Waals surface area (Å²) in [4.78, 5) is 56.6. The first-order valence-electron chi connectivity index (χ1n) is 19.4. The Balaban J connectivity index is 1.47. The first-order valence-corrected chi connectivity index (χ1v) is 19.4. The summed E-state index contributed by atoms with van der Waals surface area (Å²) in [6.07, 6.45) is 12.7. The fourth-order valence-electron chi connectivity index (χ4n) is 8.20. The first-order chi connectivity index (χ1) is 25.5. The second-order valence-corrected chi connectivity index (χ2v) is 14.4. The molecule has 0 amide bonds. The van der Waals surface area contributed by atoms with Crippen molar-refractivity contribution < 1.29 is 0 Å². The second-order valence-electron chi connectivity index (χ2n) is 14.4. The van der Waals surface area contributed by atoms with Crippen LogP contribution in [-0.2, 0) is 13.1 Å². The van der Waals surface area contributed by atoms with E-state index in [4.69, 9.17) is 0 Å². The van der Waals surface area contributed by atoms with Crippen LogP contribution in [-0.4, -0.2) is 9.13 Å². The van der Waals surface area contributed by atoms with Gasteiger partial charge in [-0.2, -0.15) is 0 Å². The third-order valence-electron chi connectivity index (χ3n) is 10.9. The Morgan fingerprint density at radius 2 is 0.750 bits per heavy atom. The molecule has 0 aliphatic carbocycles. The van der Waals surface area contributed by atoms with Crippen molar-refractivity contribution in [3.05, 3.63) is 126 Å². The molecule has 0 aliphatic heterocycles. The van der Waals surface area contributed by atoms with Crippen LogP contribution in [0.15, 0.2) is 104 Å². The van der Waals surface area contributed by atoms with Crippen LogP contribution in [0.4, 0.5) is 0 Å². The van der Waals surface area contributed by atoms with E-state index in [1.54, 1.807) is 0 Å². The molecule has 0 fully saturated rings. The molecule has 6 heteroatoms. The zero-order chi connectivity index (χ0) is 36.2.